The number of benzene rings is 1. The van der Waals surface area contributed by atoms with Crippen LogP contribution in [0.4, 0.5) is 18.9 Å². The van der Waals surface area contributed by atoms with Crippen LogP contribution in [0.5, 0.6) is 0 Å². The Balaban J connectivity index is 2.02. The van der Waals surface area contributed by atoms with Crippen molar-refractivity contribution in [3.05, 3.63) is 28.8 Å². The molecule has 6 heteroatoms. The zero-order valence-corrected chi connectivity index (χ0v) is 11.8. The van der Waals surface area contributed by atoms with Crippen LogP contribution in [0.25, 0.3) is 0 Å². The van der Waals surface area contributed by atoms with E-state index in [1.54, 1.807) is 0 Å². The third-order valence-electron chi connectivity index (χ3n) is 3.77. The number of piperidine rings is 1. The molecule has 0 atom stereocenters. The van der Waals surface area contributed by atoms with Gasteiger partial charge in [-0.2, -0.15) is 13.2 Å². The molecule has 0 aromatic heterocycles. The maximum Gasteiger partial charge on any atom is 0.391 e. The summed E-state index contributed by atoms with van der Waals surface area (Å²) in [6.45, 7) is 1.35. The van der Waals surface area contributed by atoms with Crippen molar-refractivity contribution in [3.63, 3.8) is 0 Å². The molecule has 1 aliphatic rings. The topological polar surface area (TPSA) is 29.3 Å². The molecule has 0 spiro atoms. The van der Waals surface area contributed by atoms with E-state index in [-0.39, 0.29) is 12.8 Å². The number of anilines is 1. The van der Waals surface area contributed by atoms with Crippen LogP contribution in [0.3, 0.4) is 0 Å². The van der Waals surface area contributed by atoms with Crippen molar-refractivity contribution in [1.29, 1.82) is 0 Å². The van der Waals surface area contributed by atoms with Crippen molar-refractivity contribution < 1.29 is 13.2 Å². The minimum absolute atomic E-state index is 0.145. The third-order valence-corrected chi connectivity index (χ3v) is 4.13. The van der Waals surface area contributed by atoms with Gasteiger partial charge in [0.15, 0.2) is 0 Å². The monoisotopic (exact) mass is 306 g/mol. The molecular weight excluding hydrogens is 289 g/mol. The van der Waals surface area contributed by atoms with Crippen molar-refractivity contribution in [2.45, 2.75) is 25.4 Å². The summed E-state index contributed by atoms with van der Waals surface area (Å²) in [5.74, 6) is -1.18. The van der Waals surface area contributed by atoms with Crippen LogP contribution in [0, 0.1) is 5.92 Å². The van der Waals surface area contributed by atoms with E-state index >= 15 is 0 Å². The average molecular weight is 307 g/mol. The van der Waals surface area contributed by atoms with Gasteiger partial charge in [-0.1, -0.05) is 17.7 Å². The van der Waals surface area contributed by atoms with Crippen LogP contribution < -0.4 is 10.6 Å². The van der Waals surface area contributed by atoms with E-state index in [0.717, 1.165) is 11.3 Å². The zero-order chi connectivity index (χ0) is 14.8. The molecule has 1 aliphatic heterocycles. The first-order valence-corrected chi connectivity index (χ1v) is 7.09. The Morgan fingerprint density at radius 3 is 2.40 bits per heavy atom. The molecule has 1 fully saturated rings. The first kappa shape index (κ1) is 15.4. The lowest BCUT2D eigenvalue weighted by molar-refractivity contribution is -0.179. The molecule has 1 aromatic carbocycles. The second kappa shape index (κ2) is 6.22. The minimum atomic E-state index is -4.07. The van der Waals surface area contributed by atoms with Gasteiger partial charge in [-0.05, 0) is 43.5 Å². The molecule has 0 unspecified atom stereocenters. The zero-order valence-electron chi connectivity index (χ0n) is 11.1. The van der Waals surface area contributed by atoms with E-state index in [9.17, 15) is 13.2 Å². The Hall–Kier alpha value is -0.940. The van der Waals surface area contributed by atoms with Gasteiger partial charge in [0.25, 0.3) is 0 Å². The maximum atomic E-state index is 12.6. The summed E-state index contributed by atoms with van der Waals surface area (Å²) in [4.78, 5) is 1.96. The summed E-state index contributed by atoms with van der Waals surface area (Å²) >= 11 is 6.17. The van der Waals surface area contributed by atoms with E-state index in [1.165, 1.54) is 0 Å². The largest absolute Gasteiger partial charge is 0.391 e. The lowest BCUT2D eigenvalue weighted by Gasteiger charge is -2.34. The predicted octanol–water partition coefficient (Wildman–Crippen LogP) is 3.62. The van der Waals surface area contributed by atoms with Crippen molar-refractivity contribution in [2.24, 2.45) is 11.7 Å². The summed E-state index contributed by atoms with van der Waals surface area (Å²) in [5, 5.41) is 0.630. The molecule has 20 heavy (non-hydrogen) atoms. The second-order valence-corrected chi connectivity index (χ2v) is 5.52. The molecule has 1 heterocycles. The summed E-state index contributed by atoms with van der Waals surface area (Å²) in [7, 11) is 0. The number of rotatable bonds is 3. The molecule has 112 valence electrons. The molecule has 0 bridgehead atoms. The number of hydrogen-bond acceptors (Lipinski definition) is 2. The molecule has 2 N–H and O–H groups in total. The first-order valence-electron chi connectivity index (χ1n) is 6.72. The van der Waals surface area contributed by atoms with E-state index in [4.69, 9.17) is 17.3 Å². The molecule has 0 saturated carbocycles. The molecule has 0 amide bonds. The minimum Gasteiger partial charge on any atom is -0.371 e. The van der Waals surface area contributed by atoms with Crippen LogP contribution in [-0.2, 0) is 6.42 Å². The van der Waals surface area contributed by atoms with Gasteiger partial charge >= 0.3 is 6.18 Å². The summed E-state index contributed by atoms with van der Waals surface area (Å²) in [6, 6.07) is 5.63. The molecule has 1 aromatic rings. The van der Waals surface area contributed by atoms with Crippen LogP contribution in [0.1, 0.15) is 18.4 Å². The van der Waals surface area contributed by atoms with Gasteiger partial charge in [0.2, 0.25) is 0 Å². The van der Waals surface area contributed by atoms with Crippen molar-refractivity contribution in [1.82, 2.24) is 0 Å². The summed E-state index contributed by atoms with van der Waals surface area (Å²) < 4.78 is 37.9. The number of hydrogen-bond donors (Lipinski definition) is 1. The highest BCUT2D eigenvalue weighted by Crippen LogP contribution is 2.36. The van der Waals surface area contributed by atoms with E-state index in [2.05, 4.69) is 0 Å². The average Bonchev–Trinajstić information content (AvgIpc) is 2.40. The fraction of sp³-hybridized carbons (Fsp3) is 0.571. The second-order valence-electron chi connectivity index (χ2n) is 5.12. The predicted molar refractivity (Wildman–Crippen MR) is 75.2 cm³/mol. The highest BCUT2D eigenvalue weighted by Gasteiger charge is 2.41. The number of halogens is 4. The Labute approximate surface area is 121 Å². The van der Waals surface area contributed by atoms with Gasteiger partial charge in [0.05, 0.1) is 5.92 Å². The van der Waals surface area contributed by atoms with Crippen molar-refractivity contribution in [2.75, 3.05) is 24.5 Å². The number of nitrogens with two attached hydrogens (primary N) is 1. The van der Waals surface area contributed by atoms with Crippen molar-refractivity contribution in [3.8, 4) is 0 Å². The molecule has 1 saturated heterocycles. The van der Waals surface area contributed by atoms with Gasteiger partial charge in [-0.15, -0.1) is 0 Å². The molecule has 2 rings (SSSR count). The maximum absolute atomic E-state index is 12.6. The van der Waals surface area contributed by atoms with Gasteiger partial charge in [0.1, 0.15) is 0 Å². The highest BCUT2D eigenvalue weighted by atomic mass is 35.5. The van der Waals surface area contributed by atoms with Crippen LogP contribution in [0.2, 0.25) is 5.02 Å². The van der Waals surface area contributed by atoms with Crippen LogP contribution >= 0.6 is 11.6 Å². The lowest BCUT2D eigenvalue weighted by Crippen LogP contribution is -2.39. The lowest BCUT2D eigenvalue weighted by atomic mass is 9.96. The van der Waals surface area contributed by atoms with Crippen LogP contribution in [0.15, 0.2) is 18.2 Å². The fourth-order valence-corrected chi connectivity index (χ4v) is 2.83. The fourth-order valence-electron chi connectivity index (χ4n) is 2.56. The van der Waals surface area contributed by atoms with E-state index < -0.39 is 12.1 Å². The highest BCUT2D eigenvalue weighted by molar-refractivity contribution is 6.31. The SMILES string of the molecule is NCCc1ccc(N2CCC(C(F)(F)F)CC2)cc1Cl. The molecule has 2 nitrogen and oxygen atoms in total. The van der Waals surface area contributed by atoms with Gasteiger partial charge < -0.3 is 10.6 Å². The summed E-state index contributed by atoms with van der Waals surface area (Å²) in [6.07, 6.45) is -3.08. The van der Waals surface area contributed by atoms with E-state index in [0.29, 0.717) is 31.1 Å². The van der Waals surface area contributed by atoms with Crippen molar-refractivity contribution >= 4 is 17.3 Å². The quantitative estimate of drug-likeness (QED) is 0.924. The van der Waals surface area contributed by atoms with Gasteiger partial charge in [-0.3, -0.25) is 0 Å². The Kier molecular flexibility index (Phi) is 4.81. The van der Waals surface area contributed by atoms with Gasteiger partial charge in [-0.25, -0.2) is 0 Å². The molecule has 0 radical (unpaired) electrons. The standard InChI is InChI=1S/C14H18ClF3N2/c15-13-9-12(2-1-10(13)3-6-19)20-7-4-11(5-8-20)14(16,17)18/h1-2,9,11H,3-8,19H2. The smallest absolute Gasteiger partial charge is 0.371 e. The Morgan fingerprint density at radius 2 is 1.90 bits per heavy atom. The Morgan fingerprint density at radius 1 is 1.25 bits per heavy atom. The normalized spacial score (nSPS) is 17.6. The van der Waals surface area contributed by atoms with Crippen LogP contribution in [-0.4, -0.2) is 25.8 Å². The molecular formula is C14H18ClF3N2. The number of alkyl halides is 3. The summed E-state index contributed by atoms with van der Waals surface area (Å²) in [5.41, 5.74) is 7.35. The third kappa shape index (κ3) is 3.58. The Bertz CT molecular complexity index is 454. The number of nitrogens with zero attached hydrogens (tertiary/aromatic N) is 1. The first-order chi connectivity index (χ1) is 9.41. The van der Waals surface area contributed by atoms with E-state index in [1.807, 2.05) is 23.1 Å². The van der Waals surface area contributed by atoms with Gasteiger partial charge in [0, 0.05) is 23.8 Å². The molecule has 0 aliphatic carbocycles.